The summed E-state index contributed by atoms with van der Waals surface area (Å²) in [4.78, 5) is 6.72. The van der Waals surface area contributed by atoms with Gasteiger partial charge in [0.1, 0.15) is 5.52 Å². The third kappa shape index (κ3) is 3.42. The van der Waals surface area contributed by atoms with E-state index in [9.17, 15) is 0 Å². The Balaban J connectivity index is 2.16. The molecular formula is C15H23ClN4. The second-order valence-electron chi connectivity index (χ2n) is 5.48. The summed E-state index contributed by atoms with van der Waals surface area (Å²) in [6.07, 6.45) is 7.10. The van der Waals surface area contributed by atoms with Gasteiger partial charge >= 0.3 is 0 Å². The lowest BCUT2D eigenvalue weighted by molar-refractivity contribution is 0.703. The zero-order valence-electron chi connectivity index (χ0n) is 12.5. The summed E-state index contributed by atoms with van der Waals surface area (Å²) in [7, 11) is 2.09. The van der Waals surface area contributed by atoms with Gasteiger partial charge in [0.05, 0.1) is 5.69 Å². The lowest BCUT2D eigenvalue weighted by atomic mass is 10.1. The highest BCUT2D eigenvalue weighted by molar-refractivity contribution is 6.17. The van der Waals surface area contributed by atoms with E-state index in [1.807, 2.05) is 16.9 Å². The summed E-state index contributed by atoms with van der Waals surface area (Å²) < 4.78 is 1.92. The molecule has 0 aromatic carbocycles. The monoisotopic (exact) mass is 294 g/mol. The van der Waals surface area contributed by atoms with Gasteiger partial charge in [-0.05, 0) is 24.8 Å². The summed E-state index contributed by atoms with van der Waals surface area (Å²) in [5.74, 6) is 2.17. The average Bonchev–Trinajstić information content (AvgIpc) is 2.87. The van der Waals surface area contributed by atoms with E-state index in [1.165, 1.54) is 0 Å². The number of rotatable bonds is 7. The van der Waals surface area contributed by atoms with E-state index in [1.54, 1.807) is 0 Å². The van der Waals surface area contributed by atoms with Crippen LogP contribution in [0.3, 0.4) is 0 Å². The molecule has 0 atom stereocenters. The second-order valence-corrected chi connectivity index (χ2v) is 5.85. The maximum atomic E-state index is 5.71. The molecule has 0 spiro atoms. The van der Waals surface area contributed by atoms with E-state index in [0.717, 1.165) is 48.7 Å². The summed E-state index contributed by atoms with van der Waals surface area (Å²) in [5, 5.41) is 4.60. The van der Waals surface area contributed by atoms with Crippen molar-refractivity contribution in [3.63, 3.8) is 0 Å². The molecule has 0 unspecified atom stereocenters. The van der Waals surface area contributed by atoms with Crippen molar-refractivity contribution >= 4 is 22.9 Å². The number of fused-ring (bicyclic) bond motifs is 1. The number of halogens is 1. The van der Waals surface area contributed by atoms with Crippen LogP contribution >= 0.6 is 11.6 Å². The van der Waals surface area contributed by atoms with Crippen LogP contribution in [0, 0.1) is 0 Å². The number of aromatic nitrogens is 3. The largest absolute Gasteiger partial charge is 0.358 e. The standard InChI is InChI=1S/C15H23ClN4/c1-12(2)13-11-14-15(17-8-10-20(14)18-13)19(3)9-6-4-5-7-16/h8,10-12H,4-7,9H2,1-3H3. The normalized spacial score (nSPS) is 11.4. The Morgan fingerprint density at radius 3 is 2.80 bits per heavy atom. The molecule has 0 N–H and O–H groups in total. The maximum Gasteiger partial charge on any atom is 0.154 e. The number of anilines is 1. The summed E-state index contributed by atoms with van der Waals surface area (Å²) in [6, 6.07) is 2.14. The van der Waals surface area contributed by atoms with E-state index in [4.69, 9.17) is 11.6 Å². The molecule has 0 amide bonds. The van der Waals surface area contributed by atoms with Gasteiger partial charge in [-0.15, -0.1) is 11.6 Å². The molecular weight excluding hydrogens is 272 g/mol. The van der Waals surface area contributed by atoms with Crippen LogP contribution in [0.2, 0.25) is 0 Å². The minimum Gasteiger partial charge on any atom is -0.358 e. The minimum atomic E-state index is 0.428. The zero-order valence-corrected chi connectivity index (χ0v) is 13.3. The zero-order chi connectivity index (χ0) is 14.5. The topological polar surface area (TPSA) is 33.4 Å². The highest BCUT2D eigenvalue weighted by Crippen LogP contribution is 2.22. The van der Waals surface area contributed by atoms with Crippen molar-refractivity contribution in [2.75, 3.05) is 24.4 Å². The van der Waals surface area contributed by atoms with Crippen molar-refractivity contribution in [2.45, 2.75) is 39.0 Å². The smallest absolute Gasteiger partial charge is 0.154 e. The van der Waals surface area contributed by atoms with Crippen LogP contribution < -0.4 is 4.90 Å². The molecule has 110 valence electrons. The van der Waals surface area contributed by atoms with E-state index < -0.39 is 0 Å². The Morgan fingerprint density at radius 2 is 2.10 bits per heavy atom. The van der Waals surface area contributed by atoms with Gasteiger partial charge in [-0.1, -0.05) is 20.3 Å². The van der Waals surface area contributed by atoms with Crippen LogP contribution in [0.1, 0.15) is 44.7 Å². The number of hydrogen-bond donors (Lipinski definition) is 0. The molecule has 2 aromatic rings. The Bertz CT molecular complexity index is 550. The highest BCUT2D eigenvalue weighted by atomic mass is 35.5. The number of alkyl halides is 1. The fourth-order valence-electron chi connectivity index (χ4n) is 2.23. The first-order chi connectivity index (χ1) is 9.63. The molecule has 0 fully saturated rings. The van der Waals surface area contributed by atoms with E-state index in [0.29, 0.717) is 5.92 Å². The first kappa shape index (κ1) is 15.1. The van der Waals surface area contributed by atoms with Crippen LogP contribution in [0.5, 0.6) is 0 Å². The molecule has 0 saturated carbocycles. The Labute approximate surface area is 125 Å². The molecule has 0 aliphatic rings. The van der Waals surface area contributed by atoms with Gasteiger partial charge in [0.2, 0.25) is 0 Å². The van der Waals surface area contributed by atoms with Gasteiger partial charge in [0, 0.05) is 31.9 Å². The molecule has 0 bridgehead atoms. The van der Waals surface area contributed by atoms with Gasteiger partial charge in [0.25, 0.3) is 0 Å². The van der Waals surface area contributed by atoms with Crippen molar-refractivity contribution in [3.05, 3.63) is 24.2 Å². The van der Waals surface area contributed by atoms with Crippen molar-refractivity contribution in [1.29, 1.82) is 0 Å². The van der Waals surface area contributed by atoms with Crippen molar-refractivity contribution in [3.8, 4) is 0 Å². The Morgan fingerprint density at radius 1 is 1.30 bits per heavy atom. The van der Waals surface area contributed by atoms with Gasteiger partial charge in [-0.3, -0.25) is 0 Å². The average molecular weight is 295 g/mol. The predicted molar refractivity (Wildman–Crippen MR) is 84.9 cm³/mol. The van der Waals surface area contributed by atoms with Crippen LogP contribution in [0.25, 0.3) is 5.52 Å². The molecule has 5 heteroatoms. The SMILES string of the molecule is CC(C)c1cc2c(N(C)CCCCCCl)nccn2n1. The first-order valence-electron chi connectivity index (χ1n) is 7.25. The molecule has 0 aliphatic carbocycles. The predicted octanol–water partition coefficient (Wildman–Crippen LogP) is 3.70. The number of unbranched alkanes of at least 4 members (excludes halogenated alkanes) is 2. The summed E-state index contributed by atoms with van der Waals surface area (Å²) in [5.41, 5.74) is 2.19. The summed E-state index contributed by atoms with van der Waals surface area (Å²) >= 11 is 5.71. The van der Waals surface area contributed by atoms with Gasteiger partial charge in [-0.2, -0.15) is 5.10 Å². The third-order valence-corrected chi connectivity index (χ3v) is 3.74. The molecule has 0 saturated heterocycles. The molecule has 2 heterocycles. The van der Waals surface area contributed by atoms with Gasteiger partial charge in [0.15, 0.2) is 5.82 Å². The minimum absolute atomic E-state index is 0.428. The summed E-state index contributed by atoms with van der Waals surface area (Å²) in [6.45, 7) is 5.31. The Hall–Kier alpha value is -1.29. The molecule has 0 radical (unpaired) electrons. The first-order valence-corrected chi connectivity index (χ1v) is 7.78. The van der Waals surface area contributed by atoms with Gasteiger partial charge < -0.3 is 4.90 Å². The quantitative estimate of drug-likeness (QED) is 0.577. The van der Waals surface area contributed by atoms with Crippen molar-refractivity contribution in [2.24, 2.45) is 0 Å². The van der Waals surface area contributed by atoms with Crippen LogP contribution in [0.15, 0.2) is 18.5 Å². The van der Waals surface area contributed by atoms with Crippen LogP contribution in [0.4, 0.5) is 5.82 Å². The molecule has 4 nitrogen and oxygen atoms in total. The second kappa shape index (κ2) is 6.93. The molecule has 2 rings (SSSR count). The van der Waals surface area contributed by atoms with Crippen molar-refractivity contribution < 1.29 is 0 Å². The lowest BCUT2D eigenvalue weighted by Gasteiger charge is -2.18. The molecule has 0 aliphatic heterocycles. The maximum absolute atomic E-state index is 5.71. The van der Waals surface area contributed by atoms with E-state index in [-0.39, 0.29) is 0 Å². The van der Waals surface area contributed by atoms with Crippen molar-refractivity contribution in [1.82, 2.24) is 14.6 Å². The van der Waals surface area contributed by atoms with E-state index in [2.05, 4.69) is 41.9 Å². The van der Waals surface area contributed by atoms with Gasteiger partial charge in [-0.25, -0.2) is 9.50 Å². The molecule has 2 aromatic heterocycles. The van der Waals surface area contributed by atoms with Crippen LogP contribution in [-0.4, -0.2) is 34.1 Å². The Kier molecular flexibility index (Phi) is 5.24. The number of hydrogen-bond acceptors (Lipinski definition) is 3. The van der Waals surface area contributed by atoms with E-state index >= 15 is 0 Å². The fraction of sp³-hybridized carbons (Fsp3) is 0.600. The molecule has 20 heavy (non-hydrogen) atoms. The lowest BCUT2D eigenvalue weighted by Crippen LogP contribution is -2.20. The number of nitrogens with zero attached hydrogens (tertiary/aromatic N) is 4. The third-order valence-electron chi connectivity index (χ3n) is 3.47. The fourth-order valence-corrected chi connectivity index (χ4v) is 2.42. The van der Waals surface area contributed by atoms with Crippen LogP contribution in [-0.2, 0) is 0 Å². The highest BCUT2D eigenvalue weighted by Gasteiger charge is 2.12.